The summed E-state index contributed by atoms with van der Waals surface area (Å²) in [6, 6.07) is 2.01. The van der Waals surface area contributed by atoms with Gasteiger partial charge in [-0.3, -0.25) is 14.7 Å². The van der Waals surface area contributed by atoms with E-state index in [1.165, 1.54) is 7.11 Å². The Morgan fingerprint density at radius 2 is 2.28 bits per heavy atom. The number of amides is 1. The van der Waals surface area contributed by atoms with Gasteiger partial charge in [-0.15, -0.1) is 0 Å². The zero-order chi connectivity index (χ0) is 18.0. The number of nitrogens with zero attached hydrogens (tertiary/aromatic N) is 2. The zero-order valence-electron chi connectivity index (χ0n) is 14.2. The highest BCUT2D eigenvalue weighted by Crippen LogP contribution is 2.34. The number of ether oxygens (including phenoxy) is 2. The second-order valence-corrected chi connectivity index (χ2v) is 6.94. The highest BCUT2D eigenvalue weighted by atomic mass is 79.9. The van der Waals surface area contributed by atoms with Crippen molar-refractivity contribution in [2.75, 3.05) is 27.4 Å². The molecule has 1 N–H and O–H groups in total. The average molecular weight is 410 g/mol. The number of benzene rings is 1. The van der Waals surface area contributed by atoms with Gasteiger partial charge in [-0.05, 0) is 39.5 Å². The number of rotatable bonds is 5. The van der Waals surface area contributed by atoms with Gasteiger partial charge in [-0.2, -0.15) is 5.10 Å². The molecule has 25 heavy (non-hydrogen) atoms. The molecule has 1 aromatic heterocycles. The lowest BCUT2D eigenvalue weighted by molar-refractivity contribution is -0.147. The molecule has 0 unspecified atom stereocenters. The first kappa shape index (κ1) is 17.9. The van der Waals surface area contributed by atoms with Crippen molar-refractivity contribution in [2.24, 2.45) is 5.92 Å². The number of hydrogen-bond donors (Lipinski definition) is 1. The number of methoxy groups -OCH3 is 2. The van der Waals surface area contributed by atoms with Crippen molar-refractivity contribution < 1.29 is 19.1 Å². The van der Waals surface area contributed by atoms with Crippen LogP contribution in [0.1, 0.15) is 17.5 Å². The molecule has 0 saturated carbocycles. The number of H-pyrrole nitrogens is 1. The molecule has 1 atom stereocenters. The van der Waals surface area contributed by atoms with E-state index in [2.05, 4.69) is 26.1 Å². The minimum absolute atomic E-state index is 0.0496. The predicted molar refractivity (Wildman–Crippen MR) is 94.9 cm³/mol. The highest BCUT2D eigenvalue weighted by molar-refractivity contribution is 9.10. The van der Waals surface area contributed by atoms with Gasteiger partial charge in [0.05, 0.1) is 37.8 Å². The maximum Gasteiger partial charge on any atom is 0.306 e. The molecule has 134 valence electrons. The van der Waals surface area contributed by atoms with Crippen molar-refractivity contribution in [1.29, 1.82) is 0 Å². The van der Waals surface area contributed by atoms with E-state index < -0.39 is 5.92 Å². The Morgan fingerprint density at radius 1 is 1.48 bits per heavy atom. The van der Waals surface area contributed by atoms with E-state index >= 15 is 0 Å². The summed E-state index contributed by atoms with van der Waals surface area (Å²) in [5, 5.41) is 8.10. The maximum atomic E-state index is 13.0. The molecule has 1 amide bonds. The van der Waals surface area contributed by atoms with Gasteiger partial charge in [-0.25, -0.2) is 0 Å². The van der Waals surface area contributed by atoms with Crippen LogP contribution in [-0.4, -0.2) is 54.3 Å². The summed E-state index contributed by atoms with van der Waals surface area (Å²) in [4.78, 5) is 26.5. The lowest BCUT2D eigenvalue weighted by Gasteiger charge is -2.24. The maximum absolute atomic E-state index is 13.0. The third-order valence-corrected chi connectivity index (χ3v) is 5.20. The number of carbonyl (C=O) groups is 2. The zero-order valence-corrected chi connectivity index (χ0v) is 15.8. The van der Waals surface area contributed by atoms with Crippen LogP contribution in [0, 0.1) is 5.92 Å². The molecule has 0 bridgehead atoms. The number of halogens is 1. The van der Waals surface area contributed by atoms with Gasteiger partial charge in [0.15, 0.2) is 0 Å². The Hall–Kier alpha value is -1.93. The number of fused-ring (bicyclic) bond motifs is 3. The number of esters is 1. The number of aromatic nitrogens is 2. The molecule has 2 aromatic rings. The molecule has 0 spiro atoms. The molecule has 3 rings (SSSR count). The average Bonchev–Trinajstić information content (AvgIpc) is 3.05. The van der Waals surface area contributed by atoms with E-state index in [0.29, 0.717) is 26.1 Å². The molecule has 7 nitrogen and oxygen atoms in total. The van der Waals surface area contributed by atoms with Gasteiger partial charge >= 0.3 is 5.97 Å². The van der Waals surface area contributed by atoms with E-state index in [4.69, 9.17) is 9.47 Å². The van der Waals surface area contributed by atoms with Crippen molar-refractivity contribution in [1.82, 2.24) is 15.1 Å². The first-order valence-electron chi connectivity index (χ1n) is 8.03. The van der Waals surface area contributed by atoms with E-state index in [0.717, 1.165) is 26.5 Å². The Labute approximate surface area is 153 Å². The molecular weight excluding hydrogens is 390 g/mol. The van der Waals surface area contributed by atoms with Crippen LogP contribution in [-0.2, 0) is 32.0 Å². The highest BCUT2D eigenvalue weighted by Gasteiger charge is 2.32. The lowest BCUT2D eigenvalue weighted by Crippen LogP contribution is -2.37. The fourth-order valence-electron chi connectivity index (χ4n) is 3.27. The van der Waals surface area contributed by atoms with Crippen molar-refractivity contribution in [3.05, 3.63) is 27.9 Å². The Morgan fingerprint density at radius 3 is 3.00 bits per heavy atom. The van der Waals surface area contributed by atoms with E-state index in [1.54, 1.807) is 18.2 Å². The lowest BCUT2D eigenvalue weighted by atomic mass is 9.93. The fraction of sp³-hybridized carbons (Fsp3) is 0.471. The first-order chi connectivity index (χ1) is 12.0. The summed E-state index contributed by atoms with van der Waals surface area (Å²) in [5.41, 5.74) is 3.01. The third kappa shape index (κ3) is 3.55. The van der Waals surface area contributed by atoms with Crippen molar-refractivity contribution in [3.63, 3.8) is 0 Å². The van der Waals surface area contributed by atoms with Crippen LogP contribution >= 0.6 is 15.9 Å². The second-order valence-electron chi connectivity index (χ2n) is 6.09. The summed E-state index contributed by atoms with van der Waals surface area (Å²) < 4.78 is 10.8. The molecule has 2 heterocycles. The summed E-state index contributed by atoms with van der Waals surface area (Å²) in [6.45, 7) is 1.39. The fourth-order valence-corrected chi connectivity index (χ4v) is 3.84. The number of nitrogens with one attached hydrogen (secondary N) is 1. The molecule has 8 heteroatoms. The van der Waals surface area contributed by atoms with E-state index in [-0.39, 0.29) is 18.3 Å². The normalized spacial score (nSPS) is 17.5. The number of aromatic amines is 1. The molecule has 1 aliphatic rings. The monoisotopic (exact) mass is 409 g/mol. The van der Waals surface area contributed by atoms with Gasteiger partial charge in [-0.1, -0.05) is 0 Å². The van der Waals surface area contributed by atoms with Crippen LogP contribution in [0.3, 0.4) is 0 Å². The minimum Gasteiger partial charge on any atom is -0.469 e. The van der Waals surface area contributed by atoms with Crippen LogP contribution in [0.25, 0.3) is 10.9 Å². The summed E-state index contributed by atoms with van der Waals surface area (Å²) in [5.74, 6) is -0.870. The second kappa shape index (κ2) is 7.53. The van der Waals surface area contributed by atoms with Gasteiger partial charge in [0.2, 0.25) is 5.91 Å². The topological polar surface area (TPSA) is 84.5 Å². The smallest absolute Gasteiger partial charge is 0.306 e. The van der Waals surface area contributed by atoms with Crippen LogP contribution in [0.4, 0.5) is 0 Å². The van der Waals surface area contributed by atoms with Gasteiger partial charge in [0.25, 0.3) is 0 Å². The molecule has 0 radical (unpaired) electrons. The van der Waals surface area contributed by atoms with Crippen LogP contribution in [0.5, 0.6) is 0 Å². The van der Waals surface area contributed by atoms with Crippen molar-refractivity contribution in [3.8, 4) is 0 Å². The Bertz CT molecular complexity index is 805. The van der Waals surface area contributed by atoms with Crippen molar-refractivity contribution >= 4 is 38.7 Å². The van der Waals surface area contributed by atoms with Crippen molar-refractivity contribution in [2.45, 2.75) is 19.4 Å². The Kier molecular flexibility index (Phi) is 5.39. The number of hydrogen-bond acceptors (Lipinski definition) is 5. The van der Waals surface area contributed by atoms with E-state index in [1.807, 2.05) is 6.07 Å². The molecule has 0 saturated heterocycles. The number of carbonyl (C=O) groups excluding carboxylic acids is 2. The van der Waals surface area contributed by atoms with Gasteiger partial charge in [0, 0.05) is 30.1 Å². The SMILES string of the molecule is COCCN1Cc2c(cc(Br)c3[nH]ncc23)C[C@@H](CC(=O)OC)C1=O. The summed E-state index contributed by atoms with van der Waals surface area (Å²) in [7, 11) is 2.94. The van der Waals surface area contributed by atoms with Gasteiger partial charge < -0.3 is 14.4 Å². The molecular formula is C17H20BrN3O4. The molecule has 1 aliphatic heterocycles. The standard InChI is InChI=1S/C17H20BrN3O4/c1-24-4-3-21-9-13-10(5-11(17(21)23)7-15(22)25-2)6-14(18)16-12(13)8-19-20-16/h6,8,11H,3-5,7,9H2,1-2H3,(H,19,20)/t11-/m0/s1. The van der Waals surface area contributed by atoms with E-state index in [9.17, 15) is 9.59 Å². The molecule has 0 fully saturated rings. The summed E-state index contributed by atoms with van der Waals surface area (Å²) >= 11 is 3.56. The molecule has 1 aromatic carbocycles. The minimum atomic E-state index is -0.443. The predicted octanol–water partition coefficient (Wildman–Crippen LogP) is 2.04. The largest absolute Gasteiger partial charge is 0.469 e. The molecule has 0 aliphatic carbocycles. The van der Waals surface area contributed by atoms with Gasteiger partial charge in [0.1, 0.15) is 0 Å². The summed E-state index contributed by atoms with van der Waals surface area (Å²) in [6.07, 6.45) is 2.34. The van der Waals surface area contributed by atoms with Crippen LogP contribution in [0.15, 0.2) is 16.7 Å². The van der Waals surface area contributed by atoms with Crippen LogP contribution < -0.4 is 0 Å². The third-order valence-electron chi connectivity index (χ3n) is 4.57. The quantitative estimate of drug-likeness (QED) is 0.763. The Balaban J connectivity index is 2.04. The van der Waals surface area contributed by atoms with Crippen LogP contribution in [0.2, 0.25) is 0 Å². The first-order valence-corrected chi connectivity index (χ1v) is 8.82.